The van der Waals surface area contributed by atoms with Crippen molar-refractivity contribution in [3.05, 3.63) is 247 Å². The average Bonchev–Trinajstić information content (AvgIpc) is 4.00. The number of para-hydroxylation sites is 3. The van der Waals surface area contributed by atoms with E-state index in [9.17, 15) is 0 Å². The fourth-order valence-electron chi connectivity index (χ4n) is 10.5. The second-order valence-electron chi connectivity index (χ2n) is 16.3. The van der Waals surface area contributed by atoms with Crippen molar-refractivity contribution in [2.24, 2.45) is 0 Å². The normalized spacial score (nSPS) is 13.0. The topological polar surface area (TPSA) is 29.5 Å². The van der Waals surface area contributed by atoms with Crippen LogP contribution in [0.2, 0.25) is 0 Å². The lowest BCUT2D eigenvalue weighted by Gasteiger charge is -2.35. The highest BCUT2D eigenvalue weighted by Crippen LogP contribution is 2.58. The van der Waals surface area contributed by atoms with Crippen LogP contribution in [0.25, 0.3) is 76.9 Å². The molecule has 0 fully saturated rings. The summed E-state index contributed by atoms with van der Waals surface area (Å²) < 4.78 is 13.5. The summed E-state index contributed by atoms with van der Waals surface area (Å²) in [6.07, 6.45) is 0. The number of anilines is 3. The Labute approximate surface area is 358 Å². The van der Waals surface area contributed by atoms with E-state index in [1.807, 2.05) is 6.07 Å². The number of fused-ring (bicyclic) bond motifs is 10. The number of rotatable bonds is 6. The van der Waals surface area contributed by atoms with Crippen molar-refractivity contribution in [1.82, 2.24) is 0 Å². The van der Waals surface area contributed by atoms with Crippen molar-refractivity contribution in [1.29, 1.82) is 0 Å². The maximum Gasteiger partial charge on any atom is 0.159 e. The Bertz CT molecular complexity index is 3670. The molecule has 2 aromatic heterocycles. The van der Waals surface area contributed by atoms with Crippen LogP contribution in [-0.4, -0.2) is 0 Å². The minimum Gasteiger partial charge on any atom is -0.456 e. The highest BCUT2D eigenvalue weighted by molar-refractivity contribution is 6.17. The smallest absolute Gasteiger partial charge is 0.159 e. The SMILES string of the molecule is c1ccc(C2(c3ccccc3)c3ccccc3-c3ccc(N(c4ccccc4-c4cccc5oc6cc7ccccc7cc6c45)c4cccc5c4oc4ccccc45)cc32)cc1. The van der Waals surface area contributed by atoms with Crippen molar-refractivity contribution in [3.63, 3.8) is 0 Å². The van der Waals surface area contributed by atoms with Gasteiger partial charge in [0.05, 0.1) is 16.8 Å². The van der Waals surface area contributed by atoms with Crippen LogP contribution in [-0.2, 0) is 5.41 Å². The Kier molecular flexibility index (Phi) is 7.52. The molecule has 0 aliphatic heterocycles. The lowest BCUT2D eigenvalue weighted by Crippen LogP contribution is -2.28. The van der Waals surface area contributed by atoms with Crippen molar-refractivity contribution >= 4 is 71.7 Å². The molecule has 1 aliphatic rings. The number of benzene rings is 10. The van der Waals surface area contributed by atoms with Gasteiger partial charge >= 0.3 is 0 Å². The van der Waals surface area contributed by atoms with E-state index in [4.69, 9.17) is 8.83 Å². The van der Waals surface area contributed by atoms with Gasteiger partial charge in [0.25, 0.3) is 0 Å². The van der Waals surface area contributed by atoms with Gasteiger partial charge in [0.2, 0.25) is 0 Å². The first-order valence-corrected chi connectivity index (χ1v) is 21.2. The van der Waals surface area contributed by atoms with Crippen LogP contribution in [0.5, 0.6) is 0 Å². The third kappa shape index (κ3) is 4.94. The molecule has 1 aliphatic carbocycles. The number of hydrogen-bond acceptors (Lipinski definition) is 3. The fourth-order valence-corrected chi connectivity index (χ4v) is 10.5. The minimum atomic E-state index is -0.564. The molecule has 0 saturated carbocycles. The molecule has 0 bridgehead atoms. The van der Waals surface area contributed by atoms with Crippen LogP contribution >= 0.6 is 0 Å². The van der Waals surface area contributed by atoms with Gasteiger partial charge in [-0.05, 0) is 98.2 Å². The molecule has 13 rings (SSSR count). The zero-order chi connectivity index (χ0) is 40.8. The number of furan rings is 2. The van der Waals surface area contributed by atoms with Crippen LogP contribution in [0, 0.1) is 0 Å². The maximum atomic E-state index is 6.88. The molecule has 290 valence electrons. The van der Waals surface area contributed by atoms with Crippen LogP contribution in [0.3, 0.4) is 0 Å². The lowest BCUT2D eigenvalue weighted by molar-refractivity contribution is 0.669. The summed E-state index contributed by atoms with van der Waals surface area (Å²) in [6, 6.07) is 81.1. The second kappa shape index (κ2) is 13.4. The Morgan fingerprint density at radius 1 is 0.339 bits per heavy atom. The largest absolute Gasteiger partial charge is 0.456 e. The van der Waals surface area contributed by atoms with Crippen molar-refractivity contribution in [2.45, 2.75) is 5.41 Å². The summed E-state index contributed by atoms with van der Waals surface area (Å²) in [5.74, 6) is 0. The molecule has 0 atom stereocenters. The third-order valence-electron chi connectivity index (χ3n) is 13.1. The first kappa shape index (κ1) is 34.7. The molecule has 2 heterocycles. The molecular weight excluding hydrogens is 755 g/mol. The average molecular weight is 792 g/mol. The molecular formula is C59H37NO2. The van der Waals surface area contributed by atoms with Gasteiger partial charge in [0, 0.05) is 32.8 Å². The highest BCUT2D eigenvalue weighted by Gasteiger charge is 2.46. The van der Waals surface area contributed by atoms with Crippen LogP contribution < -0.4 is 4.90 Å². The first-order chi connectivity index (χ1) is 30.8. The molecule has 3 heteroatoms. The van der Waals surface area contributed by atoms with Crippen LogP contribution in [0.1, 0.15) is 22.3 Å². The lowest BCUT2D eigenvalue weighted by atomic mass is 9.67. The summed E-state index contributed by atoms with van der Waals surface area (Å²) in [7, 11) is 0. The molecule has 0 unspecified atom stereocenters. The van der Waals surface area contributed by atoms with Gasteiger partial charge in [-0.15, -0.1) is 0 Å². The van der Waals surface area contributed by atoms with Crippen molar-refractivity contribution in [2.75, 3.05) is 4.90 Å². The number of hydrogen-bond donors (Lipinski definition) is 0. The van der Waals surface area contributed by atoms with E-state index >= 15 is 0 Å². The summed E-state index contributed by atoms with van der Waals surface area (Å²) >= 11 is 0. The molecule has 0 radical (unpaired) electrons. The summed E-state index contributed by atoms with van der Waals surface area (Å²) in [6.45, 7) is 0. The van der Waals surface area contributed by atoms with Gasteiger partial charge in [0.15, 0.2) is 5.58 Å². The van der Waals surface area contributed by atoms with Crippen LogP contribution in [0.4, 0.5) is 17.1 Å². The van der Waals surface area contributed by atoms with E-state index in [-0.39, 0.29) is 0 Å². The second-order valence-corrected chi connectivity index (χ2v) is 16.3. The standard InChI is InChI=1S/C59H37NO2/c1-3-19-40(20-4-1)59(41-21-5-2-6-22-41)50-28-12-9-23-43(50)44-34-33-42(37-51(44)59)60(53-30-15-27-48-46-25-11-14-31-54(46)62-58(48)53)52-29-13-10-24-45(52)47-26-16-32-55-57(47)49-35-38-17-7-8-18-39(38)36-56(49)61-55/h1-37H. The molecule has 3 nitrogen and oxygen atoms in total. The van der Waals surface area contributed by atoms with Gasteiger partial charge in [0.1, 0.15) is 16.7 Å². The van der Waals surface area contributed by atoms with Gasteiger partial charge < -0.3 is 13.7 Å². The van der Waals surface area contributed by atoms with Crippen molar-refractivity contribution < 1.29 is 8.83 Å². The van der Waals surface area contributed by atoms with E-state index in [2.05, 4.69) is 223 Å². The quantitative estimate of drug-likeness (QED) is 0.168. The Morgan fingerprint density at radius 3 is 1.76 bits per heavy atom. The van der Waals surface area contributed by atoms with E-state index in [0.29, 0.717) is 0 Å². The molecule has 10 aromatic carbocycles. The Balaban J connectivity index is 1.12. The first-order valence-electron chi connectivity index (χ1n) is 21.2. The summed E-state index contributed by atoms with van der Waals surface area (Å²) in [5, 5.41) is 6.71. The zero-order valence-electron chi connectivity index (χ0n) is 33.6. The van der Waals surface area contributed by atoms with Gasteiger partial charge in [-0.3, -0.25) is 0 Å². The van der Waals surface area contributed by atoms with Gasteiger partial charge in [-0.25, -0.2) is 0 Å². The van der Waals surface area contributed by atoms with E-state index in [1.54, 1.807) is 0 Å². The van der Waals surface area contributed by atoms with E-state index < -0.39 is 5.41 Å². The molecule has 12 aromatic rings. The van der Waals surface area contributed by atoms with Gasteiger partial charge in [-0.2, -0.15) is 0 Å². The Morgan fingerprint density at radius 2 is 0.935 bits per heavy atom. The Hall–Kier alpha value is -8.14. The monoisotopic (exact) mass is 791 g/mol. The van der Waals surface area contributed by atoms with Crippen molar-refractivity contribution in [3.8, 4) is 22.3 Å². The van der Waals surface area contributed by atoms with Gasteiger partial charge in [-0.1, -0.05) is 176 Å². The maximum absolute atomic E-state index is 6.88. The predicted molar refractivity (Wildman–Crippen MR) is 256 cm³/mol. The minimum absolute atomic E-state index is 0.564. The number of nitrogens with zero attached hydrogens (tertiary/aromatic N) is 1. The molecule has 0 N–H and O–H groups in total. The van der Waals surface area contributed by atoms with Crippen LogP contribution in [0.15, 0.2) is 233 Å². The molecule has 62 heavy (non-hydrogen) atoms. The zero-order valence-corrected chi connectivity index (χ0v) is 33.6. The molecule has 0 amide bonds. The highest BCUT2D eigenvalue weighted by atomic mass is 16.3. The van der Waals surface area contributed by atoms with E-state index in [1.165, 1.54) is 38.8 Å². The molecule has 0 saturated heterocycles. The summed E-state index contributed by atoms with van der Waals surface area (Å²) in [5.41, 5.74) is 15.5. The summed E-state index contributed by atoms with van der Waals surface area (Å²) in [4.78, 5) is 2.42. The molecule has 0 spiro atoms. The fraction of sp³-hybridized carbons (Fsp3) is 0.0169. The predicted octanol–water partition coefficient (Wildman–Crippen LogP) is 16.1. The third-order valence-corrected chi connectivity index (χ3v) is 13.1. The van der Waals surface area contributed by atoms with E-state index in [0.717, 1.165) is 77.5 Å².